The first-order chi connectivity index (χ1) is 11.1. The van der Waals surface area contributed by atoms with E-state index in [9.17, 15) is 8.42 Å². The fourth-order valence-electron chi connectivity index (χ4n) is 1.90. The molecule has 1 aromatic carbocycles. The number of nitriles is 1. The van der Waals surface area contributed by atoms with Gasteiger partial charge in [0, 0.05) is 19.9 Å². The third kappa shape index (κ3) is 4.53. The molecule has 9 heteroatoms. The summed E-state index contributed by atoms with van der Waals surface area (Å²) in [4.78, 5) is 0.0760. The lowest BCUT2D eigenvalue weighted by Gasteiger charge is -2.13. The molecule has 0 aliphatic heterocycles. The second-order valence-electron chi connectivity index (χ2n) is 4.65. The lowest BCUT2D eigenvalue weighted by molar-refractivity contribution is 0.204. The molecule has 23 heavy (non-hydrogen) atoms. The molecule has 0 bridgehead atoms. The summed E-state index contributed by atoms with van der Waals surface area (Å²) in [5.41, 5.74) is 1.51. The SMILES string of the molecule is COCCNS(=O)(=O)c1ccc(C#N)cc1NCc1ccn[nH]1. The van der Waals surface area contributed by atoms with Crippen molar-refractivity contribution in [3.05, 3.63) is 41.7 Å². The summed E-state index contributed by atoms with van der Waals surface area (Å²) in [6.07, 6.45) is 1.60. The molecule has 0 amide bonds. The number of rotatable bonds is 8. The number of nitrogens with one attached hydrogen (secondary N) is 3. The van der Waals surface area contributed by atoms with Gasteiger partial charge >= 0.3 is 0 Å². The minimum Gasteiger partial charge on any atom is -0.383 e. The maximum Gasteiger partial charge on any atom is 0.242 e. The number of anilines is 1. The average Bonchev–Trinajstić information content (AvgIpc) is 3.06. The molecule has 2 aromatic rings. The van der Waals surface area contributed by atoms with Crippen LogP contribution < -0.4 is 10.0 Å². The minimum absolute atomic E-state index is 0.0760. The Bertz CT molecular complexity index is 781. The number of aromatic nitrogens is 2. The van der Waals surface area contributed by atoms with Crippen molar-refractivity contribution in [2.75, 3.05) is 25.6 Å². The lowest BCUT2D eigenvalue weighted by Crippen LogP contribution is -2.28. The third-order valence-electron chi connectivity index (χ3n) is 3.02. The molecule has 0 atom stereocenters. The zero-order chi connectivity index (χ0) is 16.7. The number of methoxy groups -OCH3 is 1. The molecule has 0 aliphatic carbocycles. The molecule has 1 aromatic heterocycles. The Balaban J connectivity index is 2.25. The van der Waals surface area contributed by atoms with Crippen LogP contribution >= 0.6 is 0 Å². The van der Waals surface area contributed by atoms with Crippen molar-refractivity contribution in [3.8, 4) is 6.07 Å². The van der Waals surface area contributed by atoms with Gasteiger partial charge in [-0.15, -0.1) is 0 Å². The molecular weight excluding hydrogens is 318 g/mol. The smallest absolute Gasteiger partial charge is 0.242 e. The number of nitrogens with zero attached hydrogens (tertiary/aromatic N) is 2. The summed E-state index contributed by atoms with van der Waals surface area (Å²) >= 11 is 0. The number of sulfonamides is 1. The van der Waals surface area contributed by atoms with Crippen molar-refractivity contribution < 1.29 is 13.2 Å². The highest BCUT2D eigenvalue weighted by molar-refractivity contribution is 7.89. The average molecular weight is 335 g/mol. The van der Waals surface area contributed by atoms with Gasteiger partial charge in [0.05, 0.1) is 36.2 Å². The molecule has 0 fully saturated rings. The third-order valence-corrected chi connectivity index (χ3v) is 4.54. The molecule has 2 rings (SSSR count). The largest absolute Gasteiger partial charge is 0.383 e. The summed E-state index contributed by atoms with van der Waals surface area (Å²) in [5.74, 6) is 0. The molecule has 0 spiro atoms. The van der Waals surface area contributed by atoms with Crippen molar-refractivity contribution >= 4 is 15.7 Å². The Labute approximate surface area is 134 Å². The summed E-state index contributed by atoms with van der Waals surface area (Å²) in [5, 5.41) is 18.6. The van der Waals surface area contributed by atoms with Crippen LogP contribution in [0.5, 0.6) is 0 Å². The van der Waals surface area contributed by atoms with E-state index in [1.807, 2.05) is 6.07 Å². The van der Waals surface area contributed by atoms with Gasteiger partial charge in [0.15, 0.2) is 0 Å². The highest BCUT2D eigenvalue weighted by Crippen LogP contribution is 2.23. The van der Waals surface area contributed by atoms with Crippen LogP contribution in [0.25, 0.3) is 0 Å². The van der Waals surface area contributed by atoms with E-state index in [1.165, 1.54) is 25.3 Å². The Morgan fingerprint density at radius 1 is 1.39 bits per heavy atom. The second kappa shape index (κ2) is 7.73. The van der Waals surface area contributed by atoms with E-state index in [0.717, 1.165) is 5.69 Å². The molecule has 0 radical (unpaired) electrons. The molecule has 1 heterocycles. The molecule has 0 saturated heterocycles. The Hall–Kier alpha value is -2.41. The van der Waals surface area contributed by atoms with Gasteiger partial charge in [0.1, 0.15) is 4.90 Å². The zero-order valence-corrected chi connectivity index (χ0v) is 13.4. The Morgan fingerprint density at radius 2 is 2.22 bits per heavy atom. The van der Waals surface area contributed by atoms with Crippen LogP contribution in [-0.2, 0) is 21.3 Å². The molecule has 0 saturated carbocycles. The summed E-state index contributed by atoms with van der Waals surface area (Å²) in [6, 6.07) is 8.14. The summed E-state index contributed by atoms with van der Waals surface area (Å²) in [7, 11) is -2.21. The molecule has 8 nitrogen and oxygen atoms in total. The van der Waals surface area contributed by atoms with Crippen LogP contribution in [0, 0.1) is 11.3 Å². The van der Waals surface area contributed by atoms with Crippen LogP contribution in [-0.4, -0.2) is 38.9 Å². The van der Waals surface area contributed by atoms with Gasteiger partial charge in [-0.3, -0.25) is 5.10 Å². The van der Waals surface area contributed by atoms with Crippen LogP contribution in [0.3, 0.4) is 0 Å². The normalized spacial score (nSPS) is 11.1. The molecule has 0 aliphatic rings. The van der Waals surface area contributed by atoms with Gasteiger partial charge in [-0.25, -0.2) is 13.1 Å². The topological polar surface area (TPSA) is 120 Å². The monoisotopic (exact) mass is 335 g/mol. The molecule has 0 unspecified atom stereocenters. The fourth-order valence-corrected chi connectivity index (χ4v) is 3.08. The van der Waals surface area contributed by atoms with Crippen molar-refractivity contribution in [2.45, 2.75) is 11.4 Å². The van der Waals surface area contributed by atoms with Gasteiger partial charge in [-0.2, -0.15) is 10.4 Å². The van der Waals surface area contributed by atoms with E-state index < -0.39 is 10.0 Å². The van der Waals surface area contributed by atoms with Crippen LogP contribution in [0.1, 0.15) is 11.3 Å². The van der Waals surface area contributed by atoms with Gasteiger partial charge in [-0.1, -0.05) is 0 Å². The number of hydrogen-bond donors (Lipinski definition) is 3. The number of benzene rings is 1. The minimum atomic E-state index is -3.71. The van der Waals surface area contributed by atoms with Gasteiger partial charge in [0.2, 0.25) is 10.0 Å². The number of ether oxygens (including phenoxy) is 1. The van der Waals surface area contributed by atoms with Gasteiger partial charge in [-0.05, 0) is 24.3 Å². The standard InChI is InChI=1S/C14H17N5O3S/c1-22-7-6-18-23(20,21)14-3-2-11(9-15)8-13(14)16-10-12-4-5-17-19-12/h2-5,8,16,18H,6-7,10H2,1H3,(H,17,19). The predicted molar refractivity (Wildman–Crippen MR) is 84.1 cm³/mol. The van der Waals surface area contributed by atoms with Crippen LogP contribution in [0.4, 0.5) is 5.69 Å². The highest BCUT2D eigenvalue weighted by Gasteiger charge is 2.18. The van der Waals surface area contributed by atoms with Crippen molar-refractivity contribution in [2.24, 2.45) is 0 Å². The van der Waals surface area contributed by atoms with E-state index in [2.05, 4.69) is 20.2 Å². The maximum absolute atomic E-state index is 12.4. The number of H-pyrrole nitrogens is 1. The number of aromatic amines is 1. The maximum atomic E-state index is 12.4. The first-order valence-electron chi connectivity index (χ1n) is 6.81. The lowest BCUT2D eigenvalue weighted by atomic mass is 10.2. The highest BCUT2D eigenvalue weighted by atomic mass is 32.2. The van der Waals surface area contributed by atoms with Crippen molar-refractivity contribution in [1.29, 1.82) is 5.26 Å². The first kappa shape index (κ1) is 17.0. The van der Waals surface area contributed by atoms with Crippen LogP contribution in [0.15, 0.2) is 35.4 Å². The number of hydrogen-bond acceptors (Lipinski definition) is 6. The van der Waals surface area contributed by atoms with E-state index in [4.69, 9.17) is 10.00 Å². The summed E-state index contributed by atoms with van der Waals surface area (Å²) < 4.78 is 32.0. The summed E-state index contributed by atoms with van der Waals surface area (Å²) in [6.45, 7) is 0.792. The Morgan fingerprint density at radius 3 is 2.87 bits per heavy atom. The Kier molecular flexibility index (Phi) is 5.70. The predicted octanol–water partition coefficient (Wildman–Crippen LogP) is 0.818. The molecular formula is C14H17N5O3S. The van der Waals surface area contributed by atoms with Gasteiger partial charge < -0.3 is 10.1 Å². The van der Waals surface area contributed by atoms with Crippen molar-refractivity contribution in [1.82, 2.24) is 14.9 Å². The zero-order valence-electron chi connectivity index (χ0n) is 12.5. The van der Waals surface area contributed by atoms with E-state index in [-0.39, 0.29) is 18.0 Å². The molecule has 3 N–H and O–H groups in total. The molecule has 122 valence electrons. The van der Waals surface area contributed by atoms with E-state index >= 15 is 0 Å². The quantitative estimate of drug-likeness (QED) is 0.614. The van der Waals surface area contributed by atoms with E-state index in [0.29, 0.717) is 17.8 Å². The van der Waals surface area contributed by atoms with Crippen molar-refractivity contribution in [3.63, 3.8) is 0 Å². The fraction of sp³-hybridized carbons (Fsp3) is 0.286. The second-order valence-corrected chi connectivity index (χ2v) is 6.38. The van der Waals surface area contributed by atoms with E-state index in [1.54, 1.807) is 12.3 Å². The van der Waals surface area contributed by atoms with Gasteiger partial charge in [0.25, 0.3) is 0 Å². The van der Waals surface area contributed by atoms with Crippen LogP contribution in [0.2, 0.25) is 0 Å². The first-order valence-corrected chi connectivity index (χ1v) is 8.30.